The Morgan fingerprint density at radius 3 is 2.38 bits per heavy atom. The van der Waals surface area contributed by atoms with E-state index in [1.165, 1.54) is 0 Å². The van der Waals surface area contributed by atoms with Gasteiger partial charge in [-0.25, -0.2) is 4.90 Å². The molecular weight excluding hydrogens is 326 g/mol. The highest BCUT2D eigenvalue weighted by Gasteiger charge is 2.41. The second-order valence-electron chi connectivity index (χ2n) is 5.87. The largest absolute Gasteiger partial charge is 0.502 e. The van der Waals surface area contributed by atoms with E-state index in [9.17, 15) is 14.7 Å². The SMILES string of the molecule is Cc1ccc(C2=C(O)C(=O)N(c3cccc(Cl)c3C)C2=O)c(C)c1. The summed E-state index contributed by atoms with van der Waals surface area (Å²) in [7, 11) is 0. The lowest BCUT2D eigenvalue weighted by molar-refractivity contribution is -0.121. The van der Waals surface area contributed by atoms with Crippen LogP contribution in [0.5, 0.6) is 0 Å². The monoisotopic (exact) mass is 341 g/mol. The fraction of sp³-hybridized carbons (Fsp3) is 0.158. The van der Waals surface area contributed by atoms with Crippen LogP contribution in [-0.2, 0) is 9.59 Å². The fourth-order valence-corrected chi connectivity index (χ4v) is 3.08. The van der Waals surface area contributed by atoms with Gasteiger partial charge >= 0.3 is 5.91 Å². The van der Waals surface area contributed by atoms with E-state index < -0.39 is 17.6 Å². The minimum Gasteiger partial charge on any atom is -0.502 e. The first-order valence-corrected chi connectivity index (χ1v) is 7.85. The van der Waals surface area contributed by atoms with Gasteiger partial charge in [0.05, 0.1) is 11.3 Å². The lowest BCUT2D eigenvalue weighted by Crippen LogP contribution is -2.32. The van der Waals surface area contributed by atoms with Crippen molar-refractivity contribution >= 4 is 34.7 Å². The third-order valence-electron chi connectivity index (χ3n) is 4.19. The number of hydrogen-bond acceptors (Lipinski definition) is 3. The molecule has 4 nitrogen and oxygen atoms in total. The lowest BCUT2D eigenvalue weighted by atomic mass is 9.98. The van der Waals surface area contributed by atoms with Crippen molar-refractivity contribution in [2.75, 3.05) is 4.90 Å². The number of anilines is 1. The Morgan fingerprint density at radius 2 is 1.71 bits per heavy atom. The van der Waals surface area contributed by atoms with Crippen LogP contribution >= 0.6 is 11.6 Å². The Labute approximate surface area is 145 Å². The molecule has 5 heteroatoms. The number of nitrogens with zero attached hydrogens (tertiary/aromatic N) is 1. The number of benzene rings is 2. The summed E-state index contributed by atoms with van der Waals surface area (Å²) in [5, 5.41) is 10.8. The smallest absolute Gasteiger partial charge is 0.301 e. The Kier molecular flexibility index (Phi) is 3.93. The van der Waals surface area contributed by atoms with Crippen molar-refractivity contribution in [1.82, 2.24) is 0 Å². The number of rotatable bonds is 2. The number of halogens is 1. The average Bonchev–Trinajstić information content (AvgIpc) is 2.74. The summed E-state index contributed by atoms with van der Waals surface area (Å²) in [5.74, 6) is -1.82. The third-order valence-corrected chi connectivity index (χ3v) is 4.60. The summed E-state index contributed by atoms with van der Waals surface area (Å²) in [6.07, 6.45) is 0. The molecule has 0 unspecified atom stereocenters. The van der Waals surface area contributed by atoms with E-state index in [0.717, 1.165) is 16.0 Å². The number of hydrogen-bond donors (Lipinski definition) is 1. The van der Waals surface area contributed by atoms with Gasteiger partial charge in [0, 0.05) is 5.02 Å². The molecule has 0 atom stereocenters. The Hall–Kier alpha value is -2.59. The number of aryl methyl sites for hydroxylation is 2. The molecule has 0 saturated heterocycles. The highest BCUT2D eigenvalue weighted by Crippen LogP contribution is 2.36. The van der Waals surface area contributed by atoms with Crippen molar-refractivity contribution in [2.45, 2.75) is 20.8 Å². The first-order chi connectivity index (χ1) is 11.3. The molecule has 0 aromatic heterocycles. The maximum atomic E-state index is 12.9. The summed E-state index contributed by atoms with van der Waals surface area (Å²) in [6.45, 7) is 5.51. The maximum absolute atomic E-state index is 12.9. The minimum atomic E-state index is -0.736. The molecule has 0 aliphatic carbocycles. The minimum absolute atomic E-state index is 0.0249. The molecular formula is C19H16ClNO3. The molecule has 3 rings (SSSR count). The predicted octanol–water partition coefficient (Wildman–Crippen LogP) is 4.11. The van der Waals surface area contributed by atoms with Crippen LogP contribution in [0.1, 0.15) is 22.3 Å². The first-order valence-electron chi connectivity index (χ1n) is 7.47. The molecule has 122 valence electrons. The van der Waals surface area contributed by atoms with Gasteiger partial charge in [-0.3, -0.25) is 9.59 Å². The van der Waals surface area contributed by atoms with Gasteiger partial charge in [-0.2, -0.15) is 0 Å². The van der Waals surface area contributed by atoms with Gasteiger partial charge in [-0.1, -0.05) is 41.4 Å². The summed E-state index contributed by atoms with van der Waals surface area (Å²) in [5.41, 5.74) is 3.42. The topological polar surface area (TPSA) is 57.6 Å². The van der Waals surface area contributed by atoms with Crippen LogP contribution in [0, 0.1) is 20.8 Å². The van der Waals surface area contributed by atoms with E-state index in [1.807, 2.05) is 26.0 Å². The van der Waals surface area contributed by atoms with Crippen molar-refractivity contribution in [3.63, 3.8) is 0 Å². The molecule has 0 radical (unpaired) electrons. The summed E-state index contributed by atoms with van der Waals surface area (Å²) in [6, 6.07) is 10.5. The van der Waals surface area contributed by atoms with Gasteiger partial charge < -0.3 is 5.11 Å². The number of carbonyl (C=O) groups is 2. The van der Waals surface area contributed by atoms with Crippen molar-refractivity contribution in [3.8, 4) is 0 Å². The van der Waals surface area contributed by atoms with Gasteiger partial charge in [0.1, 0.15) is 0 Å². The summed E-state index contributed by atoms with van der Waals surface area (Å²) >= 11 is 6.09. The fourth-order valence-electron chi connectivity index (χ4n) is 2.91. The highest BCUT2D eigenvalue weighted by atomic mass is 35.5. The van der Waals surface area contributed by atoms with Crippen LogP contribution in [0.2, 0.25) is 5.02 Å². The number of carbonyl (C=O) groups excluding carboxylic acids is 2. The van der Waals surface area contributed by atoms with Crippen LogP contribution in [0.4, 0.5) is 5.69 Å². The van der Waals surface area contributed by atoms with Gasteiger partial charge in [0.2, 0.25) is 0 Å². The van der Waals surface area contributed by atoms with Crippen LogP contribution in [0.3, 0.4) is 0 Å². The lowest BCUT2D eigenvalue weighted by Gasteiger charge is -2.18. The molecule has 24 heavy (non-hydrogen) atoms. The van der Waals surface area contributed by atoms with Crippen LogP contribution < -0.4 is 4.90 Å². The number of aliphatic hydroxyl groups excluding tert-OH is 1. The molecule has 2 aromatic carbocycles. The summed E-state index contributed by atoms with van der Waals surface area (Å²) < 4.78 is 0. The average molecular weight is 342 g/mol. The summed E-state index contributed by atoms with van der Waals surface area (Å²) in [4.78, 5) is 26.3. The van der Waals surface area contributed by atoms with E-state index in [4.69, 9.17) is 11.6 Å². The third kappa shape index (κ3) is 2.39. The van der Waals surface area contributed by atoms with Crippen LogP contribution in [-0.4, -0.2) is 16.9 Å². The first kappa shape index (κ1) is 16.3. The Bertz CT molecular complexity index is 915. The molecule has 1 aliphatic rings. The zero-order valence-corrected chi connectivity index (χ0v) is 14.3. The molecule has 1 heterocycles. The van der Waals surface area contributed by atoms with Gasteiger partial charge in [0.15, 0.2) is 5.76 Å². The second kappa shape index (κ2) is 5.80. The molecule has 0 bridgehead atoms. The van der Waals surface area contributed by atoms with Crippen molar-refractivity contribution < 1.29 is 14.7 Å². The maximum Gasteiger partial charge on any atom is 0.301 e. The second-order valence-corrected chi connectivity index (χ2v) is 6.28. The van der Waals surface area contributed by atoms with Gasteiger partial charge in [-0.05, 0) is 49.6 Å². The van der Waals surface area contributed by atoms with E-state index in [0.29, 0.717) is 21.8 Å². The van der Waals surface area contributed by atoms with Gasteiger partial charge in [-0.15, -0.1) is 0 Å². The highest BCUT2D eigenvalue weighted by molar-refractivity contribution is 6.45. The Balaban J connectivity index is 2.13. The zero-order valence-electron chi connectivity index (χ0n) is 13.6. The van der Waals surface area contributed by atoms with E-state index in [1.54, 1.807) is 31.2 Å². The number of imide groups is 1. The molecule has 1 N–H and O–H groups in total. The molecule has 1 aliphatic heterocycles. The van der Waals surface area contributed by atoms with Crippen LogP contribution in [0.25, 0.3) is 5.57 Å². The predicted molar refractivity (Wildman–Crippen MR) is 94.1 cm³/mol. The normalized spacial score (nSPS) is 14.8. The van der Waals surface area contributed by atoms with E-state index >= 15 is 0 Å². The molecule has 2 aromatic rings. The van der Waals surface area contributed by atoms with Crippen molar-refractivity contribution in [2.24, 2.45) is 0 Å². The molecule has 0 spiro atoms. The quantitative estimate of drug-likeness (QED) is 0.836. The number of aliphatic hydroxyl groups is 1. The van der Waals surface area contributed by atoms with Crippen molar-refractivity contribution in [3.05, 3.63) is 69.4 Å². The Morgan fingerprint density at radius 1 is 1.00 bits per heavy atom. The molecule has 0 fully saturated rings. The standard InChI is InChI=1S/C19H16ClNO3/c1-10-7-8-13(11(2)9-10)16-17(22)19(24)21(18(16)23)15-6-4-5-14(20)12(15)3/h4-9,22H,1-3H3. The molecule has 2 amide bonds. The van der Waals surface area contributed by atoms with Gasteiger partial charge in [0.25, 0.3) is 5.91 Å². The molecule has 0 saturated carbocycles. The number of amides is 2. The van der Waals surface area contributed by atoms with E-state index in [2.05, 4.69) is 0 Å². The van der Waals surface area contributed by atoms with E-state index in [-0.39, 0.29) is 5.57 Å². The van der Waals surface area contributed by atoms with Crippen molar-refractivity contribution in [1.29, 1.82) is 0 Å². The zero-order chi connectivity index (χ0) is 17.6. The van der Waals surface area contributed by atoms with Crippen LogP contribution in [0.15, 0.2) is 42.2 Å².